The highest BCUT2D eigenvalue weighted by Crippen LogP contribution is 2.29. The van der Waals surface area contributed by atoms with Crippen molar-refractivity contribution in [3.8, 4) is 6.07 Å². The van der Waals surface area contributed by atoms with Crippen molar-refractivity contribution >= 4 is 28.6 Å². The second kappa shape index (κ2) is 8.86. The number of hydrogen-bond donors (Lipinski definition) is 1. The van der Waals surface area contributed by atoms with Crippen LogP contribution in [0.5, 0.6) is 0 Å². The maximum atomic E-state index is 13.9. The molecule has 0 atom stereocenters. The number of halogens is 2. The molecule has 0 aliphatic carbocycles. The third-order valence-electron chi connectivity index (χ3n) is 5.31. The number of benzene rings is 3. The fraction of sp³-hybridized carbons (Fsp3) is 0.0769. The fourth-order valence-corrected chi connectivity index (χ4v) is 3.66. The summed E-state index contributed by atoms with van der Waals surface area (Å²) in [6.45, 7) is 2.41. The van der Waals surface area contributed by atoms with Crippen molar-refractivity contribution in [3.63, 3.8) is 0 Å². The molecule has 1 N–H and O–H groups in total. The molecule has 0 fully saturated rings. The summed E-state index contributed by atoms with van der Waals surface area (Å²) in [6, 6.07) is 21.6. The largest absolute Gasteiger partial charge is 0.340 e. The van der Waals surface area contributed by atoms with Gasteiger partial charge >= 0.3 is 0 Å². The van der Waals surface area contributed by atoms with Crippen LogP contribution in [0.4, 0.5) is 14.5 Å². The number of aromatic nitrogens is 1. The van der Waals surface area contributed by atoms with Crippen molar-refractivity contribution < 1.29 is 13.6 Å². The highest BCUT2D eigenvalue weighted by molar-refractivity contribution is 6.11. The molecule has 0 aliphatic heterocycles. The third kappa shape index (κ3) is 4.14. The molecule has 4 aromatic rings. The van der Waals surface area contributed by atoms with Crippen LogP contribution >= 0.6 is 0 Å². The predicted molar refractivity (Wildman–Crippen MR) is 121 cm³/mol. The first-order valence-corrected chi connectivity index (χ1v) is 9.98. The minimum atomic E-state index is -0.688. The standard InChI is InChI=1S/C26H19F2N3O/c1-17-22(14-19(15-29)26(32)30-24-8-4-3-7-23(24)28)21-6-2-5-9-25(21)31(17)16-18-10-12-20(27)13-11-18/h2-14H,16H2,1H3,(H,30,32)/b19-14+. The predicted octanol–water partition coefficient (Wildman–Crippen LogP) is 5.82. The van der Waals surface area contributed by atoms with Gasteiger partial charge in [-0.15, -0.1) is 0 Å². The molecule has 4 rings (SSSR count). The van der Waals surface area contributed by atoms with Crippen LogP contribution < -0.4 is 5.32 Å². The molecule has 1 heterocycles. The minimum absolute atomic E-state index is 0.00844. The molecule has 0 aliphatic rings. The molecule has 158 valence electrons. The number of hydrogen-bond acceptors (Lipinski definition) is 2. The van der Waals surface area contributed by atoms with Gasteiger partial charge in [0.25, 0.3) is 5.91 Å². The summed E-state index contributed by atoms with van der Waals surface area (Å²) in [5.41, 5.74) is 3.29. The number of nitrogens with one attached hydrogen (secondary N) is 1. The van der Waals surface area contributed by atoms with Crippen molar-refractivity contribution in [2.45, 2.75) is 13.5 Å². The van der Waals surface area contributed by atoms with Crippen molar-refractivity contribution in [1.29, 1.82) is 5.26 Å². The molecule has 0 spiro atoms. The van der Waals surface area contributed by atoms with Gasteiger partial charge in [0.1, 0.15) is 23.3 Å². The lowest BCUT2D eigenvalue weighted by molar-refractivity contribution is -0.112. The summed E-state index contributed by atoms with van der Waals surface area (Å²) in [5.74, 6) is -1.57. The zero-order valence-corrected chi connectivity index (χ0v) is 17.3. The molecule has 0 saturated carbocycles. The Balaban J connectivity index is 1.74. The number of para-hydroxylation sites is 2. The van der Waals surface area contributed by atoms with E-state index in [-0.39, 0.29) is 17.1 Å². The summed E-state index contributed by atoms with van der Waals surface area (Å²) < 4.78 is 29.3. The van der Waals surface area contributed by atoms with Crippen molar-refractivity contribution in [2.75, 3.05) is 5.32 Å². The summed E-state index contributed by atoms with van der Waals surface area (Å²) >= 11 is 0. The number of fused-ring (bicyclic) bond motifs is 1. The van der Waals surface area contributed by atoms with Crippen molar-refractivity contribution in [3.05, 3.63) is 107 Å². The van der Waals surface area contributed by atoms with Crippen LogP contribution in [0.15, 0.2) is 78.4 Å². The molecule has 0 saturated heterocycles. The lowest BCUT2D eigenvalue weighted by atomic mass is 10.1. The topological polar surface area (TPSA) is 57.8 Å². The molecule has 0 radical (unpaired) electrons. The van der Waals surface area contributed by atoms with E-state index in [0.29, 0.717) is 6.54 Å². The maximum absolute atomic E-state index is 13.9. The first-order chi connectivity index (χ1) is 15.5. The number of carbonyl (C=O) groups is 1. The van der Waals surface area contributed by atoms with Crippen LogP contribution in [0.25, 0.3) is 17.0 Å². The van der Waals surface area contributed by atoms with Gasteiger partial charge in [-0.1, -0.05) is 42.5 Å². The Morgan fingerprint density at radius 3 is 2.44 bits per heavy atom. The maximum Gasteiger partial charge on any atom is 0.266 e. The number of carbonyl (C=O) groups excluding carboxylic acids is 1. The summed E-state index contributed by atoms with van der Waals surface area (Å²) in [4.78, 5) is 12.7. The Morgan fingerprint density at radius 2 is 1.72 bits per heavy atom. The van der Waals surface area contributed by atoms with E-state index < -0.39 is 11.7 Å². The quantitative estimate of drug-likeness (QED) is 0.322. The van der Waals surface area contributed by atoms with Gasteiger partial charge in [-0.2, -0.15) is 5.26 Å². The average molecular weight is 427 g/mol. The average Bonchev–Trinajstić information content (AvgIpc) is 3.06. The second-order valence-electron chi connectivity index (χ2n) is 7.33. The van der Waals surface area contributed by atoms with Crippen LogP contribution in [0.3, 0.4) is 0 Å². The number of anilines is 1. The van der Waals surface area contributed by atoms with Crippen molar-refractivity contribution in [1.82, 2.24) is 4.57 Å². The third-order valence-corrected chi connectivity index (χ3v) is 5.31. The molecule has 1 amide bonds. The van der Waals surface area contributed by atoms with Gasteiger partial charge in [0.2, 0.25) is 0 Å². The van der Waals surface area contributed by atoms with E-state index in [2.05, 4.69) is 9.88 Å². The highest BCUT2D eigenvalue weighted by atomic mass is 19.1. The van der Waals surface area contributed by atoms with Crippen LogP contribution in [-0.2, 0) is 11.3 Å². The number of nitriles is 1. The second-order valence-corrected chi connectivity index (χ2v) is 7.33. The lowest BCUT2D eigenvalue weighted by Gasteiger charge is -2.09. The number of nitrogens with zero attached hydrogens (tertiary/aromatic N) is 2. The van der Waals surface area contributed by atoms with Gasteiger partial charge in [-0.3, -0.25) is 4.79 Å². The monoisotopic (exact) mass is 427 g/mol. The van der Waals surface area contributed by atoms with Gasteiger partial charge in [-0.05, 0) is 48.9 Å². The fourth-order valence-electron chi connectivity index (χ4n) is 3.66. The van der Waals surface area contributed by atoms with Crippen LogP contribution in [-0.4, -0.2) is 10.5 Å². The highest BCUT2D eigenvalue weighted by Gasteiger charge is 2.17. The molecular weight excluding hydrogens is 408 g/mol. The van der Waals surface area contributed by atoms with Crippen molar-refractivity contribution in [2.24, 2.45) is 0 Å². The molecular formula is C26H19F2N3O. The van der Waals surface area contributed by atoms with Gasteiger partial charge in [0.05, 0.1) is 5.69 Å². The van der Waals surface area contributed by atoms with E-state index in [0.717, 1.165) is 27.7 Å². The zero-order chi connectivity index (χ0) is 22.7. The van der Waals surface area contributed by atoms with Crippen LogP contribution in [0, 0.1) is 29.9 Å². The molecule has 0 unspecified atom stereocenters. The summed E-state index contributed by atoms with van der Waals surface area (Å²) in [7, 11) is 0. The first kappa shape index (κ1) is 21.0. The molecule has 6 heteroatoms. The Hall–Kier alpha value is -4.24. The minimum Gasteiger partial charge on any atom is -0.340 e. The Kier molecular flexibility index (Phi) is 5.82. The van der Waals surface area contributed by atoms with Gasteiger partial charge in [-0.25, -0.2) is 8.78 Å². The smallest absolute Gasteiger partial charge is 0.266 e. The number of amides is 1. The summed E-state index contributed by atoms with van der Waals surface area (Å²) in [5, 5.41) is 12.9. The molecule has 3 aromatic carbocycles. The van der Waals surface area contributed by atoms with Gasteiger partial charge in [0.15, 0.2) is 0 Å². The first-order valence-electron chi connectivity index (χ1n) is 9.98. The zero-order valence-electron chi connectivity index (χ0n) is 17.3. The van der Waals surface area contributed by atoms with E-state index in [1.54, 1.807) is 18.2 Å². The normalized spacial score (nSPS) is 11.4. The SMILES string of the molecule is Cc1c(/C=C(\C#N)C(=O)Nc2ccccc2F)c2ccccc2n1Cc1ccc(F)cc1. The Morgan fingerprint density at radius 1 is 1.03 bits per heavy atom. The van der Waals surface area contributed by atoms with E-state index >= 15 is 0 Å². The van der Waals surface area contributed by atoms with E-state index in [9.17, 15) is 18.8 Å². The van der Waals surface area contributed by atoms with Gasteiger partial charge in [0, 0.05) is 28.7 Å². The van der Waals surface area contributed by atoms with E-state index in [4.69, 9.17) is 0 Å². The Bertz CT molecular complexity index is 1380. The molecule has 0 bridgehead atoms. The Labute approximate surface area is 184 Å². The lowest BCUT2D eigenvalue weighted by Crippen LogP contribution is -2.14. The van der Waals surface area contributed by atoms with Crippen LogP contribution in [0.1, 0.15) is 16.8 Å². The van der Waals surface area contributed by atoms with Gasteiger partial charge < -0.3 is 9.88 Å². The summed E-state index contributed by atoms with van der Waals surface area (Å²) in [6.07, 6.45) is 1.52. The molecule has 32 heavy (non-hydrogen) atoms. The molecule has 4 nitrogen and oxygen atoms in total. The van der Waals surface area contributed by atoms with Crippen LogP contribution in [0.2, 0.25) is 0 Å². The van der Waals surface area contributed by atoms with E-state index in [1.807, 2.05) is 37.3 Å². The molecule has 1 aromatic heterocycles. The van der Waals surface area contributed by atoms with E-state index in [1.165, 1.54) is 36.4 Å². The number of rotatable bonds is 5.